The van der Waals surface area contributed by atoms with Crippen molar-refractivity contribution < 1.29 is 0 Å². The van der Waals surface area contributed by atoms with E-state index in [1.54, 1.807) is 23.5 Å². The van der Waals surface area contributed by atoms with Crippen LogP contribution in [0.5, 0.6) is 0 Å². The van der Waals surface area contributed by atoms with Crippen LogP contribution in [0.3, 0.4) is 0 Å². The third kappa shape index (κ3) is 2.22. The van der Waals surface area contributed by atoms with Gasteiger partial charge in [0.1, 0.15) is 12.7 Å². The SMILES string of the molecule is c1ncn(-c2ccc(NCc3cnc[nH]3)cc2)n1. The Morgan fingerprint density at radius 2 is 2.06 bits per heavy atom. The molecule has 0 saturated carbocycles. The van der Waals surface area contributed by atoms with Gasteiger partial charge >= 0.3 is 0 Å². The van der Waals surface area contributed by atoms with Crippen molar-refractivity contribution in [1.29, 1.82) is 0 Å². The first kappa shape index (κ1) is 10.5. The summed E-state index contributed by atoms with van der Waals surface area (Å²) >= 11 is 0. The van der Waals surface area contributed by atoms with E-state index < -0.39 is 0 Å². The Hall–Kier alpha value is -2.63. The number of rotatable bonds is 4. The van der Waals surface area contributed by atoms with Crippen LogP contribution in [-0.4, -0.2) is 24.7 Å². The van der Waals surface area contributed by atoms with Gasteiger partial charge < -0.3 is 10.3 Å². The van der Waals surface area contributed by atoms with Crippen LogP contribution >= 0.6 is 0 Å². The molecule has 0 fully saturated rings. The van der Waals surface area contributed by atoms with Crippen LogP contribution in [0.2, 0.25) is 0 Å². The Bertz CT molecular complexity index is 582. The van der Waals surface area contributed by atoms with E-state index in [0.29, 0.717) is 0 Å². The lowest BCUT2D eigenvalue weighted by molar-refractivity contribution is 0.879. The lowest BCUT2D eigenvalue weighted by Gasteiger charge is -2.06. The van der Waals surface area contributed by atoms with E-state index in [-0.39, 0.29) is 0 Å². The molecule has 0 bridgehead atoms. The quantitative estimate of drug-likeness (QED) is 0.726. The molecule has 6 heteroatoms. The summed E-state index contributed by atoms with van der Waals surface area (Å²) in [6.07, 6.45) is 6.67. The van der Waals surface area contributed by atoms with E-state index in [0.717, 1.165) is 23.6 Å². The van der Waals surface area contributed by atoms with E-state index in [2.05, 4.69) is 25.4 Å². The Balaban J connectivity index is 1.68. The predicted molar refractivity (Wildman–Crippen MR) is 67.3 cm³/mol. The molecule has 2 heterocycles. The van der Waals surface area contributed by atoms with Gasteiger partial charge in [-0.2, -0.15) is 5.10 Å². The van der Waals surface area contributed by atoms with Gasteiger partial charge in [-0.3, -0.25) is 0 Å². The number of aromatic amines is 1. The third-order valence-corrected chi connectivity index (χ3v) is 2.59. The highest BCUT2D eigenvalue weighted by atomic mass is 15.3. The van der Waals surface area contributed by atoms with Gasteiger partial charge in [0.05, 0.1) is 24.3 Å². The molecule has 6 nitrogen and oxygen atoms in total. The summed E-state index contributed by atoms with van der Waals surface area (Å²) < 4.78 is 1.72. The molecule has 3 rings (SSSR count). The molecule has 0 amide bonds. The summed E-state index contributed by atoms with van der Waals surface area (Å²) in [6.45, 7) is 0.725. The molecule has 2 N–H and O–H groups in total. The van der Waals surface area contributed by atoms with Gasteiger partial charge in [-0.15, -0.1) is 0 Å². The fraction of sp³-hybridized carbons (Fsp3) is 0.0833. The number of benzene rings is 1. The van der Waals surface area contributed by atoms with Gasteiger partial charge in [0.25, 0.3) is 0 Å². The number of nitrogens with zero attached hydrogens (tertiary/aromatic N) is 4. The van der Waals surface area contributed by atoms with Gasteiger partial charge in [-0.25, -0.2) is 14.6 Å². The van der Waals surface area contributed by atoms with Crippen LogP contribution in [0.25, 0.3) is 5.69 Å². The largest absolute Gasteiger partial charge is 0.379 e. The zero-order valence-electron chi connectivity index (χ0n) is 9.61. The number of aromatic nitrogens is 5. The zero-order chi connectivity index (χ0) is 12.2. The molecule has 0 aliphatic carbocycles. The maximum absolute atomic E-state index is 4.07. The minimum Gasteiger partial charge on any atom is -0.379 e. The molecule has 3 aromatic rings. The second kappa shape index (κ2) is 4.70. The van der Waals surface area contributed by atoms with Crippen molar-refractivity contribution in [2.45, 2.75) is 6.54 Å². The van der Waals surface area contributed by atoms with Crippen molar-refractivity contribution in [3.8, 4) is 5.69 Å². The number of imidazole rings is 1. The predicted octanol–water partition coefficient (Wildman–Crippen LogP) is 1.60. The second-order valence-corrected chi connectivity index (χ2v) is 3.82. The van der Waals surface area contributed by atoms with Gasteiger partial charge in [0, 0.05) is 11.9 Å². The molecule has 0 saturated heterocycles. The van der Waals surface area contributed by atoms with Gasteiger partial charge in [-0.1, -0.05) is 0 Å². The molecule has 2 aromatic heterocycles. The Morgan fingerprint density at radius 1 is 1.17 bits per heavy atom. The highest BCUT2D eigenvalue weighted by molar-refractivity contribution is 5.48. The molecule has 0 unspecified atom stereocenters. The number of anilines is 1. The fourth-order valence-corrected chi connectivity index (χ4v) is 1.65. The molecular formula is C12H12N6. The summed E-state index contributed by atoms with van der Waals surface area (Å²) in [7, 11) is 0. The molecule has 0 spiro atoms. The molecule has 0 aliphatic rings. The van der Waals surface area contributed by atoms with E-state index in [9.17, 15) is 0 Å². The first-order chi connectivity index (χ1) is 8.92. The highest BCUT2D eigenvalue weighted by Gasteiger charge is 1.98. The molecule has 0 radical (unpaired) electrons. The summed E-state index contributed by atoms with van der Waals surface area (Å²) in [6, 6.07) is 7.99. The maximum atomic E-state index is 4.07. The number of hydrogen-bond acceptors (Lipinski definition) is 4. The molecular weight excluding hydrogens is 228 g/mol. The first-order valence-corrected chi connectivity index (χ1v) is 5.58. The van der Waals surface area contributed by atoms with Crippen molar-refractivity contribution in [3.05, 3.63) is 55.1 Å². The number of nitrogens with one attached hydrogen (secondary N) is 2. The monoisotopic (exact) mass is 240 g/mol. The molecule has 18 heavy (non-hydrogen) atoms. The lowest BCUT2D eigenvalue weighted by Crippen LogP contribution is -2.00. The van der Waals surface area contributed by atoms with Crippen molar-refractivity contribution >= 4 is 5.69 Å². The fourth-order valence-electron chi connectivity index (χ4n) is 1.65. The van der Waals surface area contributed by atoms with E-state index in [4.69, 9.17) is 0 Å². The molecule has 90 valence electrons. The van der Waals surface area contributed by atoms with E-state index >= 15 is 0 Å². The van der Waals surface area contributed by atoms with Crippen molar-refractivity contribution in [3.63, 3.8) is 0 Å². The van der Waals surface area contributed by atoms with Crippen LogP contribution in [0, 0.1) is 0 Å². The van der Waals surface area contributed by atoms with Crippen LogP contribution in [0.15, 0.2) is 49.4 Å². The molecule has 1 aromatic carbocycles. The topological polar surface area (TPSA) is 71.4 Å². The lowest BCUT2D eigenvalue weighted by atomic mass is 10.3. The second-order valence-electron chi connectivity index (χ2n) is 3.82. The normalized spacial score (nSPS) is 10.4. The van der Waals surface area contributed by atoms with Crippen molar-refractivity contribution in [1.82, 2.24) is 24.7 Å². The van der Waals surface area contributed by atoms with Gasteiger partial charge in [0.2, 0.25) is 0 Å². The van der Waals surface area contributed by atoms with Crippen LogP contribution < -0.4 is 5.32 Å². The summed E-state index contributed by atoms with van der Waals surface area (Å²) in [5.74, 6) is 0. The first-order valence-electron chi connectivity index (χ1n) is 5.58. The van der Waals surface area contributed by atoms with Crippen LogP contribution in [0.4, 0.5) is 5.69 Å². The average molecular weight is 240 g/mol. The summed E-state index contributed by atoms with van der Waals surface area (Å²) in [5.41, 5.74) is 3.09. The van der Waals surface area contributed by atoms with Crippen LogP contribution in [0.1, 0.15) is 5.69 Å². The Labute approximate surface area is 104 Å². The molecule has 0 aliphatic heterocycles. The zero-order valence-corrected chi connectivity index (χ0v) is 9.61. The standard InChI is InChI=1S/C12H12N6/c1-3-12(18-9-14-8-17-18)4-2-10(1)15-6-11-5-13-7-16-11/h1-5,7-9,15H,6H2,(H,13,16). The number of H-pyrrole nitrogens is 1. The Kier molecular flexibility index (Phi) is 2.75. The Morgan fingerprint density at radius 3 is 2.72 bits per heavy atom. The smallest absolute Gasteiger partial charge is 0.138 e. The minimum absolute atomic E-state index is 0.725. The highest BCUT2D eigenvalue weighted by Crippen LogP contribution is 2.12. The van der Waals surface area contributed by atoms with Gasteiger partial charge in [-0.05, 0) is 24.3 Å². The van der Waals surface area contributed by atoms with Crippen molar-refractivity contribution in [2.75, 3.05) is 5.32 Å². The van der Waals surface area contributed by atoms with E-state index in [1.807, 2.05) is 24.3 Å². The van der Waals surface area contributed by atoms with Crippen LogP contribution in [-0.2, 0) is 6.54 Å². The summed E-state index contributed by atoms with van der Waals surface area (Å²) in [4.78, 5) is 10.9. The van der Waals surface area contributed by atoms with Gasteiger partial charge in [0.15, 0.2) is 0 Å². The van der Waals surface area contributed by atoms with Crippen molar-refractivity contribution in [2.24, 2.45) is 0 Å². The summed E-state index contributed by atoms with van der Waals surface area (Å²) in [5, 5.41) is 7.38. The number of hydrogen-bond donors (Lipinski definition) is 2. The average Bonchev–Trinajstić information content (AvgIpc) is 3.10. The minimum atomic E-state index is 0.725. The maximum Gasteiger partial charge on any atom is 0.138 e. The molecule has 0 atom stereocenters. The third-order valence-electron chi connectivity index (χ3n) is 2.59. The van der Waals surface area contributed by atoms with E-state index in [1.165, 1.54) is 6.33 Å².